The van der Waals surface area contributed by atoms with E-state index in [1.54, 1.807) is 20.3 Å². The molecule has 2 N–H and O–H groups in total. The molecular weight excluding hydrogens is 235 g/mol. The van der Waals surface area contributed by atoms with Gasteiger partial charge in [-0.1, -0.05) is 12.1 Å². The number of anilines is 1. The molecular formula is C13H21FN2O2. The van der Waals surface area contributed by atoms with E-state index in [1.807, 2.05) is 6.07 Å². The largest absolute Gasteiger partial charge is 0.396 e. The molecule has 5 heteroatoms. The monoisotopic (exact) mass is 256 g/mol. The topological polar surface area (TPSA) is 47.7 Å². The van der Waals surface area contributed by atoms with Crippen LogP contribution in [0, 0.1) is 5.82 Å². The predicted octanol–water partition coefficient (Wildman–Crippen LogP) is 1.50. The number of nitrogens with two attached hydrogens (primary N) is 1. The van der Waals surface area contributed by atoms with Gasteiger partial charge in [0.1, 0.15) is 5.82 Å². The quantitative estimate of drug-likeness (QED) is 0.716. The first kappa shape index (κ1) is 14.9. The fraction of sp³-hybridized carbons (Fsp3) is 0.538. The minimum absolute atomic E-state index is 0.220. The molecule has 0 aliphatic carbocycles. The van der Waals surface area contributed by atoms with Crippen LogP contribution in [0.5, 0.6) is 0 Å². The van der Waals surface area contributed by atoms with E-state index in [-0.39, 0.29) is 11.5 Å². The number of para-hydroxylation sites is 1. The standard InChI is InChI=1S/C13H21FN2O2/c1-17-8-6-16(7-9-18-2)10-11-4-3-5-12(14)13(11)15/h3-5H,6-10,15H2,1-2H3. The van der Waals surface area contributed by atoms with Crippen molar-refractivity contribution >= 4 is 5.69 Å². The Morgan fingerprint density at radius 2 is 1.78 bits per heavy atom. The molecule has 0 fully saturated rings. The van der Waals surface area contributed by atoms with Gasteiger partial charge in [0.15, 0.2) is 0 Å². The third kappa shape index (κ3) is 4.60. The van der Waals surface area contributed by atoms with Crippen molar-refractivity contribution in [3.8, 4) is 0 Å². The Labute approximate surface area is 107 Å². The highest BCUT2D eigenvalue weighted by atomic mass is 19.1. The Morgan fingerprint density at radius 1 is 1.17 bits per heavy atom. The molecule has 0 saturated carbocycles. The number of benzene rings is 1. The molecule has 0 saturated heterocycles. The molecule has 0 heterocycles. The summed E-state index contributed by atoms with van der Waals surface area (Å²) in [5.41, 5.74) is 6.74. The molecule has 0 unspecified atom stereocenters. The zero-order chi connectivity index (χ0) is 13.4. The third-order valence-corrected chi connectivity index (χ3v) is 2.76. The van der Waals surface area contributed by atoms with Gasteiger partial charge in [-0.3, -0.25) is 4.90 Å². The highest BCUT2D eigenvalue weighted by molar-refractivity contribution is 5.47. The predicted molar refractivity (Wildman–Crippen MR) is 69.8 cm³/mol. The first-order valence-electron chi connectivity index (χ1n) is 5.92. The fourth-order valence-electron chi connectivity index (χ4n) is 1.67. The number of halogens is 1. The van der Waals surface area contributed by atoms with E-state index in [9.17, 15) is 4.39 Å². The van der Waals surface area contributed by atoms with Crippen LogP contribution in [-0.2, 0) is 16.0 Å². The van der Waals surface area contributed by atoms with E-state index in [4.69, 9.17) is 15.2 Å². The van der Waals surface area contributed by atoms with Gasteiger partial charge in [-0.2, -0.15) is 0 Å². The first-order valence-corrected chi connectivity index (χ1v) is 5.92. The lowest BCUT2D eigenvalue weighted by molar-refractivity contribution is 0.110. The van der Waals surface area contributed by atoms with Crippen LogP contribution in [0.1, 0.15) is 5.56 Å². The van der Waals surface area contributed by atoms with Gasteiger partial charge in [-0.15, -0.1) is 0 Å². The summed E-state index contributed by atoms with van der Waals surface area (Å²) in [6, 6.07) is 4.88. The van der Waals surface area contributed by atoms with Crippen LogP contribution in [0.2, 0.25) is 0 Å². The molecule has 0 aliphatic rings. The zero-order valence-corrected chi connectivity index (χ0v) is 11.0. The molecule has 0 aromatic heterocycles. The molecule has 1 aromatic rings. The maximum atomic E-state index is 13.3. The van der Waals surface area contributed by atoms with Crippen molar-refractivity contribution in [2.45, 2.75) is 6.54 Å². The Bertz CT molecular complexity index is 353. The zero-order valence-electron chi connectivity index (χ0n) is 11.0. The van der Waals surface area contributed by atoms with Crippen molar-refractivity contribution < 1.29 is 13.9 Å². The Hall–Kier alpha value is -1.17. The van der Waals surface area contributed by atoms with Gasteiger partial charge in [0.05, 0.1) is 18.9 Å². The van der Waals surface area contributed by atoms with Crippen molar-refractivity contribution in [2.24, 2.45) is 0 Å². The average molecular weight is 256 g/mol. The molecule has 0 radical (unpaired) electrons. The minimum Gasteiger partial charge on any atom is -0.396 e. The van der Waals surface area contributed by atoms with Gasteiger partial charge in [0.25, 0.3) is 0 Å². The van der Waals surface area contributed by atoms with Crippen molar-refractivity contribution in [1.82, 2.24) is 4.90 Å². The second-order valence-electron chi connectivity index (χ2n) is 4.07. The van der Waals surface area contributed by atoms with E-state index in [0.717, 1.165) is 18.7 Å². The van der Waals surface area contributed by atoms with E-state index < -0.39 is 0 Å². The molecule has 1 rings (SSSR count). The van der Waals surface area contributed by atoms with E-state index >= 15 is 0 Å². The number of hydrogen-bond acceptors (Lipinski definition) is 4. The molecule has 1 aromatic carbocycles. The Morgan fingerprint density at radius 3 is 2.33 bits per heavy atom. The number of rotatable bonds is 8. The van der Waals surface area contributed by atoms with Crippen LogP contribution < -0.4 is 5.73 Å². The van der Waals surface area contributed by atoms with Crippen LogP contribution >= 0.6 is 0 Å². The van der Waals surface area contributed by atoms with Gasteiger partial charge < -0.3 is 15.2 Å². The van der Waals surface area contributed by atoms with Crippen molar-refractivity contribution in [2.75, 3.05) is 46.3 Å². The van der Waals surface area contributed by atoms with Gasteiger partial charge >= 0.3 is 0 Å². The number of nitrogens with zero attached hydrogens (tertiary/aromatic N) is 1. The summed E-state index contributed by atoms with van der Waals surface area (Å²) in [5, 5.41) is 0. The molecule has 0 atom stereocenters. The molecule has 0 aliphatic heterocycles. The summed E-state index contributed by atoms with van der Waals surface area (Å²) in [6.45, 7) is 3.36. The summed E-state index contributed by atoms with van der Waals surface area (Å²) in [5.74, 6) is -0.370. The lowest BCUT2D eigenvalue weighted by atomic mass is 10.1. The van der Waals surface area contributed by atoms with E-state index in [1.165, 1.54) is 6.07 Å². The highest BCUT2D eigenvalue weighted by Gasteiger charge is 2.10. The molecule has 4 nitrogen and oxygen atoms in total. The number of hydrogen-bond donors (Lipinski definition) is 1. The first-order chi connectivity index (χ1) is 8.69. The number of ether oxygens (including phenoxy) is 2. The third-order valence-electron chi connectivity index (χ3n) is 2.76. The summed E-state index contributed by atoms with van der Waals surface area (Å²) < 4.78 is 23.5. The summed E-state index contributed by atoms with van der Waals surface area (Å²) >= 11 is 0. The second-order valence-corrected chi connectivity index (χ2v) is 4.07. The molecule has 0 amide bonds. The molecule has 0 bridgehead atoms. The Balaban J connectivity index is 2.65. The van der Waals surface area contributed by atoms with Crippen LogP contribution in [0.25, 0.3) is 0 Å². The average Bonchev–Trinajstić information content (AvgIpc) is 2.38. The maximum absolute atomic E-state index is 13.3. The van der Waals surface area contributed by atoms with Gasteiger partial charge in [0, 0.05) is 33.9 Å². The second kappa shape index (κ2) is 8.02. The smallest absolute Gasteiger partial charge is 0.146 e. The lowest BCUT2D eigenvalue weighted by Gasteiger charge is -2.22. The summed E-state index contributed by atoms with van der Waals surface area (Å²) in [6.07, 6.45) is 0. The number of nitrogen functional groups attached to an aromatic ring is 1. The van der Waals surface area contributed by atoms with Crippen LogP contribution in [0.3, 0.4) is 0 Å². The molecule has 0 spiro atoms. The van der Waals surface area contributed by atoms with Crippen molar-refractivity contribution in [1.29, 1.82) is 0 Å². The minimum atomic E-state index is -0.370. The van der Waals surface area contributed by atoms with Gasteiger partial charge in [-0.05, 0) is 11.6 Å². The fourth-order valence-corrected chi connectivity index (χ4v) is 1.67. The Kier molecular flexibility index (Phi) is 6.64. The normalized spacial score (nSPS) is 11.1. The highest BCUT2D eigenvalue weighted by Crippen LogP contribution is 2.17. The van der Waals surface area contributed by atoms with Crippen LogP contribution in [0.15, 0.2) is 18.2 Å². The van der Waals surface area contributed by atoms with Crippen molar-refractivity contribution in [3.05, 3.63) is 29.6 Å². The van der Waals surface area contributed by atoms with Gasteiger partial charge in [0.2, 0.25) is 0 Å². The van der Waals surface area contributed by atoms with E-state index in [0.29, 0.717) is 19.8 Å². The SMILES string of the molecule is COCCN(CCOC)Cc1cccc(F)c1N. The summed E-state index contributed by atoms with van der Waals surface area (Å²) in [7, 11) is 3.32. The van der Waals surface area contributed by atoms with Gasteiger partial charge in [-0.25, -0.2) is 4.39 Å². The van der Waals surface area contributed by atoms with Crippen molar-refractivity contribution in [3.63, 3.8) is 0 Å². The van der Waals surface area contributed by atoms with E-state index in [2.05, 4.69) is 4.90 Å². The number of methoxy groups -OCH3 is 2. The van der Waals surface area contributed by atoms with Crippen LogP contribution in [-0.4, -0.2) is 45.4 Å². The summed E-state index contributed by atoms with van der Waals surface area (Å²) in [4.78, 5) is 2.12. The molecule has 102 valence electrons. The van der Waals surface area contributed by atoms with Crippen LogP contribution in [0.4, 0.5) is 10.1 Å². The molecule has 18 heavy (non-hydrogen) atoms. The maximum Gasteiger partial charge on any atom is 0.146 e. The lowest BCUT2D eigenvalue weighted by Crippen LogP contribution is -2.30.